The van der Waals surface area contributed by atoms with Crippen LogP contribution in [0.4, 0.5) is 10.1 Å². The first-order valence-electron chi connectivity index (χ1n) is 12.5. The maximum absolute atomic E-state index is 14.0. The molecule has 0 aliphatic carbocycles. The third-order valence-corrected chi connectivity index (χ3v) is 7.77. The molecule has 3 aromatic carbocycles. The smallest absolute Gasteiger partial charge is 0.247 e. The van der Waals surface area contributed by atoms with Crippen LogP contribution in [0.2, 0.25) is 0 Å². The lowest BCUT2D eigenvalue weighted by Gasteiger charge is -2.20. The number of nitrogens with one attached hydrogen (secondary N) is 1. The van der Waals surface area contributed by atoms with Gasteiger partial charge in [0.25, 0.3) is 0 Å². The van der Waals surface area contributed by atoms with Gasteiger partial charge in [0.2, 0.25) is 21.8 Å². The van der Waals surface area contributed by atoms with Crippen molar-refractivity contribution in [2.75, 3.05) is 10.5 Å². The normalized spacial score (nSPS) is 11.7. The second kappa shape index (κ2) is 10.2. The summed E-state index contributed by atoms with van der Waals surface area (Å²) >= 11 is 0. The third-order valence-electron chi connectivity index (χ3n) is 6.46. The van der Waals surface area contributed by atoms with Gasteiger partial charge in [0.15, 0.2) is 11.2 Å². The first-order chi connectivity index (χ1) is 19.0. The van der Waals surface area contributed by atoms with Crippen molar-refractivity contribution in [1.29, 1.82) is 0 Å². The number of hydrogen-bond acceptors (Lipinski definition) is 7. The van der Waals surface area contributed by atoms with Crippen LogP contribution in [-0.4, -0.2) is 28.9 Å². The van der Waals surface area contributed by atoms with Crippen LogP contribution < -0.4 is 14.9 Å². The van der Waals surface area contributed by atoms with Gasteiger partial charge in [0, 0.05) is 29.6 Å². The molecule has 0 aliphatic rings. The van der Waals surface area contributed by atoms with Gasteiger partial charge in [-0.15, -0.1) is 10.2 Å². The lowest BCUT2D eigenvalue weighted by molar-refractivity contribution is 0.470. The summed E-state index contributed by atoms with van der Waals surface area (Å²) in [6, 6.07) is 12.8. The minimum atomic E-state index is -3.58. The highest BCUT2D eigenvalue weighted by Gasteiger charge is 2.18. The Morgan fingerprint density at radius 1 is 0.975 bits per heavy atom. The molecule has 2 heterocycles. The Morgan fingerprint density at radius 3 is 2.35 bits per heavy atom. The van der Waals surface area contributed by atoms with Crippen molar-refractivity contribution < 1.29 is 22.0 Å². The Hall–Kier alpha value is -4.51. The summed E-state index contributed by atoms with van der Waals surface area (Å²) in [4.78, 5) is 13.1. The van der Waals surface area contributed by atoms with E-state index in [4.69, 9.17) is 9.15 Å². The molecule has 9 nitrogen and oxygen atoms in total. The number of aromatic nitrogens is 3. The second-order valence-corrected chi connectivity index (χ2v) is 11.5. The van der Waals surface area contributed by atoms with Crippen molar-refractivity contribution >= 4 is 26.6 Å². The maximum Gasteiger partial charge on any atom is 0.247 e. The highest BCUT2D eigenvalue weighted by Crippen LogP contribution is 2.36. The van der Waals surface area contributed by atoms with E-state index in [0.29, 0.717) is 61.9 Å². The van der Waals surface area contributed by atoms with Gasteiger partial charge in [-0.05, 0) is 87.4 Å². The Balaban J connectivity index is 1.78. The van der Waals surface area contributed by atoms with Crippen LogP contribution in [0.15, 0.2) is 63.9 Å². The Labute approximate surface area is 230 Å². The van der Waals surface area contributed by atoms with Crippen molar-refractivity contribution in [3.05, 3.63) is 93.3 Å². The van der Waals surface area contributed by atoms with Crippen molar-refractivity contribution in [3.8, 4) is 28.6 Å². The SMILES string of the molecule is CCS(=O)(=O)Nc1ccc(Oc2c(C)cc(F)cc2C)c(-n2cc(C)c(=O)c3ccc(-c4nnc(C)o4)cc32)c1. The number of sulfonamides is 1. The molecule has 0 bridgehead atoms. The van der Waals surface area contributed by atoms with Gasteiger partial charge in [-0.3, -0.25) is 9.52 Å². The minimum Gasteiger partial charge on any atom is -0.455 e. The molecule has 0 radical (unpaired) electrons. The number of aryl methyl sites for hydroxylation is 4. The number of fused-ring (bicyclic) bond motifs is 1. The standard InChI is InChI=1S/C29H27FN4O5S/c1-6-40(36,37)33-22-8-10-26(39-28-16(2)11-21(30)12-17(28)3)25(14-22)34-15-18(4)27(35)23-9-7-20(13-24(23)34)29-32-31-19(5)38-29/h7-15,33H,6H2,1-5H3. The molecular formula is C29H27FN4O5S. The molecule has 11 heteroatoms. The molecular weight excluding hydrogens is 535 g/mol. The van der Waals surface area contributed by atoms with E-state index in [1.54, 1.807) is 81.8 Å². The molecule has 0 aliphatic heterocycles. The molecule has 0 amide bonds. The Kier molecular flexibility index (Phi) is 6.92. The number of ether oxygens (including phenoxy) is 1. The molecule has 40 heavy (non-hydrogen) atoms. The topological polar surface area (TPSA) is 116 Å². The Bertz CT molecular complexity index is 1920. The maximum atomic E-state index is 14.0. The van der Waals surface area contributed by atoms with Crippen LogP contribution in [0, 0.1) is 33.5 Å². The fourth-order valence-electron chi connectivity index (χ4n) is 4.48. The van der Waals surface area contributed by atoms with Crippen molar-refractivity contribution in [3.63, 3.8) is 0 Å². The summed E-state index contributed by atoms with van der Waals surface area (Å²) in [6.45, 7) is 8.41. The number of hydrogen-bond donors (Lipinski definition) is 1. The molecule has 0 fully saturated rings. The van der Waals surface area contributed by atoms with Gasteiger partial charge in [-0.2, -0.15) is 0 Å². The molecule has 206 valence electrons. The average Bonchev–Trinajstić information content (AvgIpc) is 3.34. The van der Waals surface area contributed by atoms with E-state index in [-0.39, 0.29) is 22.9 Å². The third kappa shape index (κ3) is 5.20. The van der Waals surface area contributed by atoms with Gasteiger partial charge in [-0.25, -0.2) is 12.8 Å². The van der Waals surface area contributed by atoms with Gasteiger partial charge in [0.1, 0.15) is 11.6 Å². The zero-order valence-corrected chi connectivity index (χ0v) is 23.4. The van der Waals surface area contributed by atoms with Crippen LogP contribution in [0.3, 0.4) is 0 Å². The summed E-state index contributed by atoms with van der Waals surface area (Å²) in [7, 11) is -3.58. The van der Waals surface area contributed by atoms with E-state index >= 15 is 0 Å². The zero-order valence-electron chi connectivity index (χ0n) is 22.6. The van der Waals surface area contributed by atoms with Crippen LogP contribution in [0.5, 0.6) is 11.5 Å². The van der Waals surface area contributed by atoms with E-state index in [0.717, 1.165) is 0 Å². The quantitative estimate of drug-likeness (QED) is 0.260. The molecule has 5 aromatic rings. The lowest BCUT2D eigenvalue weighted by atomic mass is 10.1. The van der Waals surface area contributed by atoms with Gasteiger partial charge in [0.05, 0.1) is 22.6 Å². The molecule has 0 saturated carbocycles. The summed E-state index contributed by atoms with van der Waals surface area (Å²) < 4.78 is 55.0. The molecule has 0 unspecified atom stereocenters. The molecule has 0 saturated heterocycles. The van der Waals surface area contributed by atoms with E-state index < -0.39 is 10.0 Å². The zero-order chi connectivity index (χ0) is 28.8. The number of rotatable bonds is 7. The van der Waals surface area contributed by atoms with Gasteiger partial charge >= 0.3 is 0 Å². The molecule has 0 spiro atoms. The fourth-order valence-corrected chi connectivity index (χ4v) is 5.11. The highest BCUT2D eigenvalue weighted by molar-refractivity contribution is 7.92. The Morgan fingerprint density at radius 2 is 1.70 bits per heavy atom. The number of anilines is 1. The van der Waals surface area contributed by atoms with Crippen LogP contribution >= 0.6 is 0 Å². The summed E-state index contributed by atoms with van der Waals surface area (Å²) in [5.74, 6) is 1.03. The fraction of sp³-hybridized carbons (Fsp3) is 0.207. The summed E-state index contributed by atoms with van der Waals surface area (Å²) in [5.41, 5.74) is 3.36. The van der Waals surface area contributed by atoms with Gasteiger partial charge < -0.3 is 13.7 Å². The number of nitrogens with zero attached hydrogens (tertiary/aromatic N) is 3. The van der Waals surface area contributed by atoms with Crippen molar-refractivity contribution in [2.45, 2.75) is 34.6 Å². The number of pyridine rings is 1. The van der Waals surface area contributed by atoms with Crippen LogP contribution in [0.25, 0.3) is 28.0 Å². The molecule has 1 N–H and O–H groups in total. The second-order valence-electron chi connectivity index (χ2n) is 9.53. The first-order valence-corrected chi connectivity index (χ1v) is 14.2. The van der Waals surface area contributed by atoms with Crippen LogP contribution in [-0.2, 0) is 10.0 Å². The monoisotopic (exact) mass is 562 g/mol. The summed E-state index contributed by atoms with van der Waals surface area (Å²) in [6.07, 6.45) is 1.66. The van der Waals surface area contributed by atoms with Crippen molar-refractivity contribution in [1.82, 2.24) is 14.8 Å². The van der Waals surface area contributed by atoms with E-state index in [2.05, 4.69) is 14.9 Å². The molecule has 0 atom stereocenters. The lowest BCUT2D eigenvalue weighted by Crippen LogP contribution is -2.15. The van der Waals surface area contributed by atoms with E-state index in [9.17, 15) is 17.6 Å². The summed E-state index contributed by atoms with van der Waals surface area (Å²) in [5, 5.41) is 8.42. The van der Waals surface area contributed by atoms with Gasteiger partial charge in [-0.1, -0.05) is 0 Å². The van der Waals surface area contributed by atoms with Crippen molar-refractivity contribution in [2.24, 2.45) is 0 Å². The predicted octanol–water partition coefficient (Wildman–Crippen LogP) is 5.97. The van der Waals surface area contributed by atoms with E-state index in [1.165, 1.54) is 12.1 Å². The highest BCUT2D eigenvalue weighted by atomic mass is 32.2. The number of halogens is 1. The predicted molar refractivity (Wildman–Crippen MR) is 151 cm³/mol. The average molecular weight is 563 g/mol. The molecule has 2 aromatic heterocycles. The minimum absolute atomic E-state index is 0.110. The molecule has 5 rings (SSSR count). The van der Waals surface area contributed by atoms with Crippen LogP contribution in [0.1, 0.15) is 29.5 Å². The largest absolute Gasteiger partial charge is 0.455 e. The van der Waals surface area contributed by atoms with E-state index in [1.807, 2.05) is 0 Å². The number of benzene rings is 3. The first kappa shape index (κ1) is 27.1.